The highest BCUT2D eigenvalue weighted by molar-refractivity contribution is 9.10. The van der Waals surface area contributed by atoms with Crippen LogP contribution in [0.3, 0.4) is 0 Å². The summed E-state index contributed by atoms with van der Waals surface area (Å²) < 4.78 is 15.4. The summed E-state index contributed by atoms with van der Waals surface area (Å²) in [6, 6.07) is 10.5. The smallest absolute Gasteiger partial charge is 0.147 e. The number of hydrogen-bond donors (Lipinski definition) is 1. The van der Waals surface area contributed by atoms with Crippen molar-refractivity contribution in [2.45, 2.75) is 13.0 Å². The van der Waals surface area contributed by atoms with Gasteiger partial charge in [0.15, 0.2) is 0 Å². The van der Waals surface area contributed by atoms with Gasteiger partial charge in [-0.15, -0.1) is 0 Å². The molecule has 0 saturated heterocycles. The van der Waals surface area contributed by atoms with Crippen molar-refractivity contribution in [2.75, 3.05) is 5.32 Å². The van der Waals surface area contributed by atoms with Gasteiger partial charge in [0.2, 0.25) is 0 Å². The van der Waals surface area contributed by atoms with E-state index in [0.717, 1.165) is 10.0 Å². The molecule has 0 aromatic heterocycles. The van der Waals surface area contributed by atoms with Crippen LogP contribution in [0.4, 0.5) is 10.1 Å². The van der Waals surface area contributed by atoms with E-state index in [2.05, 4.69) is 37.2 Å². The first-order valence-corrected chi connectivity index (χ1v) is 7.60. The molecule has 0 radical (unpaired) electrons. The Bertz CT molecular complexity index is 604. The second-order valence-corrected chi connectivity index (χ2v) is 6.39. The molecule has 5 heteroatoms. The fourth-order valence-electron chi connectivity index (χ4n) is 1.77. The third kappa shape index (κ3) is 3.71. The van der Waals surface area contributed by atoms with Crippen LogP contribution < -0.4 is 5.32 Å². The van der Waals surface area contributed by atoms with E-state index >= 15 is 0 Å². The van der Waals surface area contributed by atoms with E-state index in [4.69, 9.17) is 11.6 Å². The Balaban J connectivity index is 2.23. The predicted octanol–water partition coefficient (Wildman–Crippen LogP) is 6.18. The lowest BCUT2D eigenvalue weighted by atomic mass is 10.1. The third-order valence-electron chi connectivity index (χ3n) is 2.73. The van der Waals surface area contributed by atoms with Crippen LogP contribution in [-0.4, -0.2) is 0 Å². The summed E-state index contributed by atoms with van der Waals surface area (Å²) in [5, 5.41) is 3.76. The van der Waals surface area contributed by atoms with Crippen LogP contribution in [0.15, 0.2) is 45.3 Å². The number of rotatable bonds is 3. The molecule has 1 nitrogen and oxygen atoms in total. The normalized spacial score (nSPS) is 12.3. The molecule has 0 saturated carbocycles. The van der Waals surface area contributed by atoms with Gasteiger partial charge in [0.05, 0.1) is 11.7 Å². The van der Waals surface area contributed by atoms with E-state index in [1.807, 2.05) is 25.1 Å². The quantitative estimate of drug-likeness (QED) is 0.641. The molecule has 0 aliphatic heterocycles. The van der Waals surface area contributed by atoms with Crippen LogP contribution in [0.5, 0.6) is 0 Å². The Morgan fingerprint density at radius 1 is 1.11 bits per heavy atom. The van der Waals surface area contributed by atoms with Gasteiger partial charge in [-0.2, -0.15) is 0 Å². The van der Waals surface area contributed by atoms with E-state index in [0.29, 0.717) is 15.2 Å². The number of anilines is 1. The Kier molecular flexibility index (Phi) is 4.87. The van der Waals surface area contributed by atoms with Crippen LogP contribution in [0, 0.1) is 5.82 Å². The van der Waals surface area contributed by atoms with E-state index < -0.39 is 0 Å². The maximum atomic E-state index is 13.8. The maximum absolute atomic E-state index is 13.8. The summed E-state index contributed by atoms with van der Waals surface area (Å²) in [7, 11) is 0. The molecule has 2 aromatic rings. The molecule has 19 heavy (non-hydrogen) atoms. The minimum Gasteiger partial charge on any atom is -0.376 e. The van der Waals surface area contributed by atoms with Gasteiger partial charge in [-0.1, -0.05) is 49.5 Å². The second kappa shape index (κ2) is 6.25. The molecule has 0 amide bonds. The molecule has 0 aliphatic carbocycles. The molecular weight excluding hydrogens is 396 g/mol. The van der Waals surface area contributed by atoms with Crippen molar-refractivity contribution in [3.8, 4) is 0 Å². The van der Waals surface area contributed by atoms with E-state index in [-0.39, 0.29) is 11.9 Å². The summed E-state index contributed by atoms with van der Waals surface area (Å²) in [6.07, 6.45) is 0. The number of benzene rings is 2. The number of hydrogen-bond acceptors (Lipinski definition) is 1. The SMILES string of the molecule is CC(Nc1ccc(Br)cc1F)c1ccc(Br)cc1Cl. The van der Waals surface area contributed by atoms with Crippen molar-refractivity contribution in [3.63, 3.8) is 0 Å². The summed E-state index contributed by atoms with van der Waals surface area (Å²) in [5.41, 5.74) is 1.38. The van der Waals surface area contributed by atoms with Gasteiger partial charge in [-0.3, -0.25) is 0 Å². The minimum absolute atomic E-state index is 0.0868. The summed E-state index contributed by atoms with van der Waals surface area (Å²) in [4.78, 5) is 0. The Hall–Kier alpha value is -0.580. The minimum atomic E-state index is -0.297. The first kappa shape index (κ1) is 14.8. The van der Waals surface area contributed by atoms with E-state index in [1.165, 1.54) is 6.07 Å². The van der Waals surface area contributed by atoms with Gasteiger partial charge in [0.1, 0.15) is 5.82 Å². The monoisotopic (exact) mass is 405 g/mol. The molecule has 0 fully saturated rings. The summed E-state index contributed by atoms with van der Waals surface area (Å²) >= 11 is 12.8. The summed E-state index contributed by atoms with van der Waals surface area (Å²) in [6.45, 7) is 1.94. The molecule has 0 spiro atoms. The topological polar surface area (TPSA) is 12.0 Å². The molecular formula is C14H11Br2ClFN. The van der Waals surface area contributed by atoms with Gasteiger partial charge in [0, 0.05) is 14.0 Å². The van der Waals surface area contributed by atoms with Crippen LogP contribution >= 0.6 is 43.5 Å². The van der Waals surface area contributed by atoms with Crippen molar-refractivity contribution < 1.29 is 4.39 Å². The maximum Gasteiger partial charge on any atom is 0.147 e. The summed E-state index contributed by atoms with van der Waals surface area (Å²) in [5.74, 6) is -0.297. The van der Waals surface area contributed by atoms with Crippen molar-refractivity contribution in [3.05, 3.63) is 61.7 Å². The zero-order chi connectivity index (χ0) is 14.0. The Morgan fingerprint density at radius 2 is 1.74 bits per heavy atom. The van der Waals surface area contributed by atoms with Gasteiger partial charge in [-0.25, -0.2) is 4.39 Å². The van der Waals surface area contributed by atoms with Gasteiger partial charge in [-0.05, 0) is 42.8 Å². The fourth-order valence-corrected chi connectivity index (χ4v) is 2.94. The van der Waals surface area contributed by atoms with Crippen LogP contribution in [-0.2, 0) is 0 Å². The zero-order valence-corrected chi connectivity index (χ0v) is 14.0. The fraction of sp³-hybridized carbons (Fsp3) is 0.143. The standard InChI is InChI=1S/C14H11Br2ClFN/c1-8(11-4-2-9(15)6-12(11)17)19-14-5-3-10(16)7-13(14)18/h2-8,19H,1H3. The number of halogens is 4. The number of nitrogens with one attached hydrogen (secondary N) is 1. The molecule has 100 valence electrons. The Morgan fingerprint density at radius 3 is 2.37 bits per heavy atom. The lowest BCUT2D eigenvalue weighted by Gasteiger charge is -2.17. The largest absolute Gasteiger partial charge is 0.376 e. The van der Waals surface area contributed by atoms with Crippen molar-refractivity contribution in [1.29, 1.82) is 0 Å². The Labute approximate surface area is 133 Å². The highest BCUT2D eigenvalue weighted by Crippen LogP contribution is 2.29. The molecule has 0 heterocycles. The molecule has 1 N–H and O–H groups in total. The van der Waals surface area contributed by atoms with Crippen molar-refractivity contribution in [1.82, 2.24) is 0 Å². The van der Waals surface area contributed by atoms with Gasteiger partial charge < -0.3 is 5.32 Å². The van der Waals surface area contributed by atoms with E-state index in [9.17, 15) is 4.39 Å². The molecule has 2 aromatic carbocycles. The predicted molar refractivity (Wildman–Crippen MR) is 85.3 cm³/mol. The molecule has 1 atom stereocenters. The second-order valence-electron chi connectivity index (χ2n) is 4.16. The average Bonchev–Trinajstić information content (AvgIpc) is 2.32. The first-order chi connectivity index (χ1) is 8.97. The van der Waals surface area contributed by atoms with E-state index in [1.54, 1.807) is 12.1 Å². The van der Waals surface area contributed by atoms with Crippen molar-refractivity contribution in [2.24, 2.45) is 0 Å². The van der Waals surface area contributed by atoms with Gasteiger partial charge >= 0.3 is 0 Å². The molecule has 0 aliphatic rings. The highest BCUT2D eigenvalue weighted by Gasteiger charge is 2.12. The van der Waals surface area contributed by atoms with Crippen LogP contribution in [0.1, 0.15) is 18.5 Å². The molecule has 2 rings (SSSR count). The van der Waals surface area contributed by atoms with Crippen molar-refractivity contribution >= 4 is 49.1 Å². The lowest BCUT2D eigenvalue weighted by molar-refractivity contribution is 0.626. The first-order valence-electron chi connectivity index (χ1n) is 5.64. The van der Waals surface area contributed by atoms with Crippen LogP contribution in [0.25, 0.3) is 0 Å². The lowest BCUT2D eigenvalue weighted by Crippen LogP contribution is -2.08. The van der Waals surface area contributed by atoms with Gasteiger partial charge in [0.25, 0.3) is 0 Å². The highest BCUT2D eigenvalue weighted by atomic mass is 79.9. The molecule has 0 bridgehead atoms. The zero-order valence-electron chi connectivity index (χ0n) is 10.1. The third-order valence-corrected chi connectivity index (χ3v) is 4.05. The average molecular weight is 408 g/mol. The molecule has 1 unspecified atom stereocenters. The van der Waals surface area contributed by atoms with Crippen LogP contribution in [0.2, 0.25) is 5.02 Å².